The topological polar surface area (TPSA) is 84.6 Å². The van der Waals surface area contributed by atoms with Crippen molar-refractivity contribution in [2.45, 2.75) is 18.6 Å². The largest absolute Gasteiger partial charge is 0.491 e. The molecule has 2 atom stereocenters. The first kappa shape index (κ1) is 20.9. The zero-order valence-corrected chi connectivity index (χ0v) is 14.4. The van der Waals surface area contributed by atoms with Crippen molar-refractivity contribution in [1.82, 2.24) is 5.32 Å². The highest BCUT2D eigenvalue weighted by atomic mass is 35.5. The molecule has 2 rings (SSSR count). The number of halogens is 2. The lowest BCUT2D eigenvalue weighted by Gasteiger charge is -2.16. The molecule has 0 aliphatic rings. The number of carbonyl (C=O) groups excluding carboxylic acids is 1. The first-order valence-corrected chi connectivity index (χ1v) is 7.68. The van der Waals surface area contributed by atoms with Crippen molar-refractivity contribution >= 4 is 18.3 Å². The van der Waals surface area contributed by atoms with Gasteiger partial charge in [0.2, 0.25) is 5.91 Å². The maximum absolute atomic E-state index is 12.8. The molecule has 0 aliphatic heterocycles. The van der Waals surface area contributed by atoms with Crippen LogP contribution in [0.25, 0.3) is 0 Å². The van der Waals surface area contributed by atoms with Gasteiger partial charge < -0.3 is 20.9 Å². The third-order valence-corrected chi connectivity index (χ3v) is 3.40. The Labute approximate surface area is 152 Å². The van der Waals surface area contributed by atoms with Gasteiger partial charge in [0, 0.05) is 6.54 Å². The quantitative estimate of drug-likeness (QED) is 0.661. The van der Waals surface area contributed by atoms with E-state index in [2.05, 4.69) is 5.32 Å². The summed E-state index contributed by atoms with van der Waals surface area (Å²) in [5.41, 5.74) is 6.83. The maximum atomic E-state index is 12.8. The second-order valence-corrected chi connectivity index (χ2v) is 5.46. The van der Waals surface area contributed by atoms with E-state index >= 15 is 0 Å². The molecule has 1 amide bonds. The van der Waals surface area contributed by atoms with Crippen molar-refractivity contribution in [3.8, 4) is 5.75 Å². The van der Waals surface area contributed by atoms with Crippen molar-refractivity contribution < 1.29 is 19.0 Å². The molecule has 0 aliphatic carbocycles. The fraction of sp³-hybridized carbons (Fsp3) is 0.278. The number of hydrogen-bond acceptors (Lipinski definition) is 4. The summed E-state index contributed by atoms with van der Waals surface area (Å²) in [6, 6.07) is 14.3. The van der Waals surface area contributed by atoms with Gasteiger partial charge in [0.05, 0.1) is 6.04 Å². The van der Waals surface area contributed by atoms with E-state index in [0.29, 0.717) is 12.2 Å². The number of nitrogens with one attached hydrogen (secondary N) is 1. The third-order valence-electron chi connectivity index (χ3n) is 3.40. The molecule has 4 N–H and O–H groups in total. The summed E-state index contributed by atoms with van der Waals surface area (Å²) in [7, 11) is 0. The van der Waals surface area contributed by atoms with Crippen molar-refractivity contribution in [3.63, 3.8) is 0 Å². The summed E-state index contributed by atoms with van der Waals surface area (Å²) in [4.78, 5) is 11.9. The Morgan fingerprint density at radius 2 is 1.80 bits per heavy atom. The Balaban J connectivity index is 0.00000312. The normalized spacial score (nSPS) is 12.6. The summed E-state index contributed by atoms with van der Waals surface area (Å²) in [6.45, 7) is 0.0162. The van der Waals surface area contributed by atoms with Crippen LogP contribution in [0.4, 0.5) is 4.39 Å². The van der Waals surface area contributed by atoms with Gasteiger partial charge in [0.1, 0.15) is 24.3 Å². The third kappa shape index (κ3) is 7.51. The summed E-state index contributed by atoms with van der Waals surface area (Å²) in [5.74, 6) is -0.246. The van der Waals surface area contributed by atoms with Crippen molar-refractivity contribution in [2.24, 2.45) is 5.73 Å². The van der Waals surface area contributed by atoms with E-state index in [1.165, 1.54) is 24.3 Å². The molecule has 0 heterocycles. The van der Waals surface area contributed by atoms with Crippen LogP contribution in [0.3, 0.4) is 0 Å². The van der Waals surface area contributed by atoms with E-state index in [0.717, 1.165) is 5.56 Å². The Hall–Kier alpha value is -2.15. The van der Waals surface area contributed by atoms with E-state index in [1.807, 2.05) is 30.3 Å². The Morgan fingerprint density at radius 1 is 1.16 bits per heavy atom. The molecule has 7 heteroatoms. The molecule has 5 nitrogen and oxygen atoms in total. The Bertz CT molecular complexity index is 641. The van der Waals surface area contributed by atoms with Crippen LogP contribution in [0, 0.1) is 5.82 Å². The number of carbonyl (C=O) groups is 1. The summed E-state index contributed by atoms with van der Waals surface area (Å²) in [5, 5.41) is 12.4. The van der Waals surface area contributed by atoms with Crippen LogP contribution in [0.15, 0.2) is 54.6 Å². The van der Waals surface area contributed by atoms with E-state index in [1.54, 1.807) is 0 Å². The van der Waals surface area contributed by atoms with Crippen LogP contribution in [0.1, 0.15) is 5.56 Å². The zero-order chi connectivity index (χ0) is 17.4. The van der Waals surface area contributed by atoms with Crippen LogP contribution in [-0.2, 0) is 11.2 Å². The number of aliphatic hydroxyl groups excluding tert-OH is 1. The number of aliphatic hydroxyl groups is 1. The number of hydrogen-bond donors (Lipinski definition) is 3. The van der Waals surface area contributed by atoms with Crippen molar-refractivity contribution in [2.75, 3.05) is 13.2 Å². The second-order valence-electron chi connectivity index (χ2n) is 5.46. The van der Waals surface area contributed by atoms with Crippen LogP contribution >= 0.6 is 12.4 Å². The number of nitrogens with two attached hydrogens (primary N) is 1. The van der Waals surface area contributed by atoms with Gasteiger partial charge in [-0.2, -0.15) is 0 Å². The molecule has 136 valence electrons. The lowest BCUT2D eigenvalue weighted by Crippen LogP contribution is -2.45. The van der Waals surface area contributed by atoms with Gasteiger partial charge in [-0.25, -0.2) is 4.39 Å². The minimum atomic E-state index is -0.886. The average Bonchev–Trinajstić information content (AvgIpc) is 2.60. The van der Waals surface area contributed by atoms with Gasteiger partial charge in [-0.05, 0) is 36.2 Å². The van der Waals surface area contributed by atoms with Gasteiger partial charge in [-0.3, -0.25) is 4.79 Å². The number of ether oxygens (including phenoxy) is 1. The van der Waals surface area contributed by atoms with Crippen molar-refractivity contribution in [3.05, 3.63) is 66.0 Å². The van der Waals surface area contributed by atoms with Gasteiger partial charge in [-0.1, -0.05) is 30.3 Å². The van der Waals surface area contributed by atoms with Gasteiger partial charge in [0.25, 0.3) is 0 Å². The molecule has 0 radical (unpaired) electrons. The molecule has 25 heavy (non-hydrogen) atoms. The molecule has 1 unspecified atom stereocenters. The molecule has 0 saturated heterocycles. The SMILES string of the molecule is Cl.N[C@@H](Cc1ccccc1)C(=O)NCC(O)COc1ccc(F)cc1. The van der Waals surface area contributed by atoms with E-state index in [-0.39, 0.29) is 37.3 Å². The van der Waals surface area contributed by atoms with Crippen LogP contribution < -0.4 is 15.8 Å². The second kappa shape index (κ2) is 10.7. The summed E-state index contributed by atoms with van der Waals surface area (Å²) in [6.07, 6.45) is -0.461. The van der Waals surface area contributed by atoms with Crippen LogP contribution in [-0.4, -0.2) is 36.3 Å². The summed E-state index contributed by atoms with van der Waals surface area (Å²) < 4.78 is 18.1. The lowest BCUT2D eigenvalue weighted by atomic mass is 10.1. The van der Waals surface area contributed by atoms with E-state index in [9.17, 15) is 14.3 Å². The molecule has 2 aromatic carbocycles. The van der Waals surface area contributed by atoms with Crippen molar-refractivity contribution in [1.29, 1.82) is 0 Å². The van der Waals surface area contributed by atoms with Crippen LogP contribution in [0.2, 0.25) is 0 Å². The molecular weight excluding hydrogens is 347 g/mol. The predicted octanol–water partition coefficient (Wildman–Crippen LogP) is 1.67. The van der Waals surface area contributed by atoms with Crippen LogP contribution in [0.5, 0.6) is 5.75 Å². The zero-order valence-electron chi connectivity index (χ0n) is 13.6. The predicted molar refractivity (Wildman–Crippen MR) is 96.3 cm³/mol. The standard InChI is InChI=1S/C18H21FN2O3.ClH/c19-14-6-8-16(9-7-14)24-12-15(22)11-21-18(23)17(20)10-13-4-2-1-3-5-13;/h1-9,15,17,22H,10-12,20H2,(H,21,23);1H/t15?,17-;/m0./s1. The number of amides is 1. The van der Waals surface area contributed by atoms with Gasteiger partial charge in [-0.15, -0.1) is 12.4 Å². The number of benzene rings is 2. The first-order valence-electron chi connectivity index (χ1n) is 7.68. The molecule has 0 aromatic heterocycles. The fourth-order valence-electron chi connectivity index (χ4n) is 2.09. The number of rotatable bonds is 8. The van der Waals surface area contributed by atoms with E-state index in [4.69, 9.17) is 10.5 Å². The Kier molecular flexibility index (Phi) is 8.91. The highest BCUT2D eigenvalue weighted by molar-refractivity contribution is 5.85. The first-order chi connectivity index (χ1) is 11.5. The maximum Gasteiger partial charge on any atom is 0.237 e. The minimum Gasteiger partial charge on any atom is -0.491 e. The highest BCUT2D eigenvalue weighted by Gasteiger charge is 2.15. The van der Waals surface area contributed by atoms with E-state index < -0.39 is 12.1 Å². The minimum absolute atomic E-state index is 0. The lowest BCUT2D eigenvalue weighted by molar-refractivity contribution is -0.122. The van der Waals surface area contributed by atoms with Gasteiger partial charge in [0.15, 0.2) is 0 Å². The molecule has 0 spiro atoms. The molecule has 0 fully saturated rings. The molecular formula is C18H22ClFN2O3. The Morgan fingerprint density at radius 3 is 2.44 bits per heavy atom. The summed E-state index contributed by atoms with van der Waals surface area (Å²) >= 11 is 0. The van der Waals surface area contributed by atoms with Gasteiger partial charge >= 0.3 is 0 Å². The fourth-order valence-corrected chi connectivity index (χ4v) is 2.09. The molecule has 0 bridgehead atoms. The smallest absolute Gasteiger partial charge is 0.237 e. The monoisotopic (exact) mass is 368 g/mol. The molecule has 2 aromatic rings. The highest BCUT2D eigenvalue weighted by Crippen LogP contribution is 2.11. The average molecular weight is 369 g/mol. The molecule has 0 saturated carbocycles.